The minimum Gasteiger partial charge on any atom is -0.378 e. The summed E-state index contributed by atoms with van der Waals surface area (Å²) in [6.45, 7) is 3.44. The molecule has 0 bridgehead atoms. The van der Waals surface area contributed by atoms with Crippen molar-refractivity contribution in [2.45, 2.75) is 25.9 Å². The maximum Gasteiger partial charge on any atom is 0.252 e. The van der Waals surface area contributed by atoms with Crippen LogP contribution in [0.2, 0.25) is 10.2 Å². The van der Waals surface area contributed by atoms with Crippen LogP contribution in [0.5, 0.6) is 0 Å². The van der Waals surface area contributed by atoms with Crippen LogP contribution in [0.1, 0.15) is 30.1 Å². The second-order valence-electron chi connectivity index (χ2n) is 4.56. The van der Waals surface area contributed by atoms with E-state index in [9.17, 15) is 4.79 Å². The smallest absolute Gasteiger partial charge is 0.252 e. The second kappa shape index (κ2) is 6.55. The molecule has 2 rings (SSSR count). The molecule has 0 aliphatic carbocycles. The van der Waals surface area contributed by atoms with Crippen molar-refractivity contribution in [1.29, 1.82) is 0 Å². The fourth-order valence-corrected chi connectivity index (χ4v) is 2.63. The third-order valence-corrected chi connectivity index (χ3v) is 3.85. The third-order valence-electron chi connectivity index (χ3n) is 3.34. The molecule has 1 saturated heterocycles. The van der Waals surface area contributed by atoms with Gasteiger partial charge in [0.05, 0.1) is 16.7 Å². The Labute approximate surface area is 122 Å². The van der Waals surface area contributed by atoms with Crippen LogP contribution in [0.15, 0.2) is 12.3 Å². The number of amides is 1. The van der Waals surface area contributed by atoms with E-state index >= 15 is 0 Å². The van der Waals surface area contributed by atoms with Gasteiger partial charge < -0.3 is 10.1 Å². The maximum atomic E-state index is 12.0. The average Bonchev–Trinajstić information content (AvgIpc) is 2.86. The molecule has 1 aromatic heterocycles. The van der Waals surface area contributed by atoms with Gasteiger partial charge in [-0.25, -0.2) is 4.98 Å². The average molecular weight is 303 g/mol. The molecule has 1 aliphatic rings. The molecule has 1 N–H and O–H groups in total. The number of ether oxygens (including phenoxy) is 1. The Balaban J connectivity index is 1.96. The molecular weight excluding hydrogens is 287 g/mol. The second-order valence-corrected chi connectivity index (χ2v) is 5.36. The summed E-state index contributed by atoms with van der Waals surface area (Å²) in [4.78, 5) is 15.9. The lowest BCUT2D eigenvalue weighted by Gasteiger charge is -2.17. The number of nitrogens with zero attached hydrogens (tertiary/aromatic N) is 1. The molecule has 1 aromatic rings. The summed E-state index contributed by atoms with van der Waals surface area (Å²) in [5.41, 5.74) is 0.355. The highest BCUT2D eigenvalue weighted by molar-refractivity contribution is 6.35. The van der Waals surface area contributed by atoms with Crippen LogP contribution >= 0.6 is 23.2 Å². The van der Waals surface area contributed by atoms with Crippen molar-refractivity contribution < 1.29 is 9.53 Å². The highest BCUT2D eigenvalue weighted by Crippen LogP contribution is 2.23. The number of pyridine rings is 1. The fraction of sp³-hybridized carbons (Fsp3) is 0.538. The van der Waals surface area contributed by atoms with E-state index in [1.807, 2.05) is 0 Å². The number of carbonyl (C=O) groups excluding carboxylic acids is 1. The van der Waals surface area contributed by atoms with E-state index in [1.165, 1.54) is 12.3 Å². The first-order valence-corrected chi connectivity index (χ1v) is 7.08. The van der Waals surface area contributed by atoms with Gasteiger partial charge in [0.15, 0.2) is 0 Å². The zero-order valence-electron chi connectivity index (χ0n) is 10.7. The van der Waals surface area contributed by atoms with Gasteiger partial charge in [-0.05, 0) is 18.9 Å². The molecule has 0 radical (unpaired) electrons. The lowest BCUT2D eigenvalue weighted by Crippen LogP contribution is -2.32. The predicted octanol–water partition coefficient (Wildman–Crippen LogP) is 2.93. The summed E-state index contributed by atoms with van der Waals surface area (Å²) in [6, 6.07) is 1.47. The Bertz CT molecular complexity index is 468. The standard InChI is InChI=1S/C13H16Cl2N2O2/c1-2-11-8(3-4-19-11)6-17-13(18)9-5-12(15)16-7-10(9)14/h5,7-8,11H,2-4,6H2,1H3,(H,17,18). The molecule has 0 saturated carbocycles. The SMILES string of the molecule is CCC1OCCC1CNC(=O)c1cc(Cl)ncc1Cl. The number of hydrogen-bond acceptors (Lipinski definition) is 3. The van der Waals surface area contributed by atoms with E-state index in [0.717, 1.165) is 19.4 Å². The summed E-state index contributed by atoms with van der Waals surface area (Å²) < 4.78 is 5.59. The molecule has 6 heteroatoms. The predicted molar refractivity (Wildman–Crippen MR) is 74.7 cm³/mol. The van der Waals surface area contributed by atoms with Crippen molar-refractivity contribution in [3.05, 3.63) is 28.0 Å². The van der Waals surface area contributed by atoms with Crippen LogP contribution in [-0.4, -0.2) is 30.1 Å². The molecular formula is C13H16Cl2N2O2. The van der Waals surface area contributed by atoms with E-state index in [1.54, 1.807) is 0 Å². The molecule has 2 heterocycles. The minimum absolute atomic E-state index is 0.226. The summed E-state index contributed by atoms with van der Waals surface area (Å²) in [5, 5.41) is 3.44. The van der Waals surface area contributed by atoms with Crippen molar-refractivity contribution in [2.24, 2.45) is 5.92 Å². The molecule has 0 spiro atoms. The Morgan fingerprint density at radius 3 is 3.11 bits per heavy atom. The van der Waals surface area contributed by atoms with Gasteiger partial charge in [-0.3, -0.25) is 4.79 Å². The Hall–Kier alpha value is -0.840. The lowest BCUT2D eigenvalue weighted by molar-refractivity contribution is 0.0827. The van der Waals surface area contributed by atoms with Crippen LogP contribution in [-0.2, 0) is 4.74 Å². The van der Waals surface area contributed by atoms with Crippen molar-refractivity contribution in [3.8, 4) is 0 Å². The van der Waals surface area contributed by atoms with Crippen LogP contribution in [0.25, 0.3) is 0 Å². The van der Waals surface area contributed by atoms with Crippen LogP contribution in [0.4, 0.5) is 0 Å². The Kier molecular flexibility index (Phi) is 5.02. The number of halogens is 2. The minimum atomic E-state index is -0.226. The number of hydrogen-bond donors (Lipinski definition) is 1. The van der Waals surface area contributed by atoms with Gasteiger partial charge in [-0.1, -0.05) is 30.1 Å². The van der Waals surface area contributed by atoms with E-state index < -0.39 is 0 Å². The van der Waals surface area contributed by atoms with E-state index in [2.05, 4.69) is 17.2 Å². The maximum absolute atomic E-state index is 12.0. The molecule has 1 amide bonds. The molecule has 2 unspecified atom stereocenters. The van der Waals surface area contributed by atoms with E-state index in [-0.39, 0.29) is 17.2 Å². The number of carbonyl (C=O) groups is 1. The number of rotatable bonds is 4. The summed E-state index contributed by atoms with van der Waals surface area (Å²) in [7, 11) is 0. The van der Waals surface area contributed by atoms with E-state index in [4.69, 9.17) is 27.9 Å². The van der Waals surface area contributed by atoms with Crippen LogP contribution < -0.4 is 5.32 Å². The van der Waals surface area contributed by atoms with Crippen molar-refractivity contribution >= 4 is 29.1 Å². The summed E-state index contributed by atoms with van der Waals surface area (Å²) in [6.07, 6.45) is 3.55. The fourth-order valence-electron chi connectivity index (χ4n) is 2.28. The first-order chi connectivity index (χ1) is 9.11. The molecule has 2 atom stereocenters. The first kappa shape index (κ1) is 14.6. The molecule has 19 heavy (non-hydrogen) atoms. The highest BCUT2D eigenvalue weighted by Gasteiger charge is 2.27. The monoisotopic (exact) mass is 302 g/mol. The first-order valence-electron chi connectivity index (χ1n) is 6.32. The zero-order valence-corrected chi connectivity index (χ0v) is 12.2. The van der Waals surface area contributed by atoms with Crippen LogP contribution in [0.3, 0.4) is 0 Å². The molecule has 1 aliphatic heterocycles. The number of nitrogens with one attached hydrogen (secondary N) is 1. The normalized spacial score (nSPS) is 22.5. The van der Waals surface area contributed by atoms with Gasteiger partial charge in [0, 0.05) is 25.3 Å². The summed E-state index contributed by atoms with van der Waals surface area (Å²) >= 11 is 11.7. The highest BCUT2D eigenvalue weighted by atomic mass is 35.5. The van der Waals surface area contributed by atoms with Gasteiger partial charge >= 0.3 is 0 Å². The van der Waals surface area contributed by atoms with Gasteiger partial charge in [0.2, 0.25) is 0 Å². The molecule has 0 aromatic carbocycles. The van der Waals surface area contributed by atoms with Gasteiger partial charge in [0.1, 0.15) is 5.15 Å². The van der Waals surface area contributed by atoms with Gasteiger partial charge in [-0.15, -0.1) is 0 Å². The third kappa shape index (κ3) is 3.59. The molecule has 1 fully saturated rings. The van der Waals surface area contributed by atoms with E-state index in [0.29, 0.717) is 23.0 Å². The number of aromatic nitrogens is 1. The van der Waals surface area contributed by atoms with Gasteiger partial charge in [0.25, 0.3) is 5.91 Å². The topological polar surface area (TPSA) is 51.2 Å². The van der Waals surface area contributed by atoms with Gasteiger partial charge in [-0.2, -0.15) is 0 Å². The zero-order chi connectivity index (χ0) is 13.8. The van der Waals surface area contributed by atoms with Crippen LogP contribution in [0, 0.1) is 5.92 Å². The lowest BCUT2D eigenvalue weighted by atomic mass is 9.99. The van der Waals surface area contributed by atoms with Crippen molar-refractivity contribution in [3.63, 3.8) is 0 Å². The molecule has 104 valence electrons. The quantitative estimate of drug-likeness (QED) is 0.870. The van der Waals surface area contributed by atoms with Crippen molar-refractivity contribution in [1.82, 2.24) is 10.3 Å². The molecule has 4 nitrogen and oxygen atoms in total. The van der Waals surface area contributed by atoms with Crippen molar-refractivity contribution in [2.75, 3.05) is 13.2 Å². The Morgan fingerprint density at radius 2 is 2.37 bits per heavy atom. The Morgan fingerprint density at radius 1 is 1.58 bits per heavy atom. The summed E-state index contributed by atoms with van der Waals surface area (Å²) in [5.74, 6) is 0.140. The largest absolute Gasteiger partial charge is 0.378 e.